The van der Waals surface area contributed by atoms with Crippen LogP contribution in [-0.2, 0) is 15.0 Å². The Labute approximate surface area is 207 Å². The summed E-state index contributed by atoms with van der Waals surface area (Å²) in [5, 5.41) is 19.6. The van der Waals surface area contributed by atoms with Crippen LogP contribution in [0.2, 0.25) is 0 Å². The number of benzene rings is 3. The Bertz CT molecular complexity index is 1120. The summed E-state index contributed by atoms with van der Waals surface area (Å²) in [5.41, 5.74) is 1.86. The normalized spacial score (nSPS) is 17.4. The highest BCUT2D eigenvalue weighted by Gasteiger charge is 2.38. The lowest BCUT2D eigenvalue weighted by Gasteiger charge is -2.36. The molecule has 0 bridgehead atoms. The number of carboxylic acids is 1. The van der Waals surface area contributed by atoms with Gasteiger partial charge >= 0.3 is 5.97 Å². The van der Waals surface area contributed by atoms with E-state index in [-0.39, 0.29) is 30.4 Å². The van der Waals surface area contributed by atoms with Gasteiger partial charge in [0.05, 0.1) is 12.0 Å². The number of carbonyl (C=O) groups excluding carboxylic acids is 1. The largest absolute Gasteiger partial charge is 0.508 e. The minimum atomic E-state index is -1.23. The Kier molecular flexibility index (Phi) is 7.67. The Morgan fingerprint density at radius 1 is 0.886 bits per heavy atom. The Morgan fingerprint density at radius 3 is 2.00 bits per heavy atom. The number of piperidine rings is 1. The topological polar surface area (TPSA) is 77.8 Å². The number of aliphatic carboxylic acids is 1. The molecular formula is C30H33NO4. The zero-order valence-corrected chi connectivity index (χ0v) is 20.1. The maximum Gasteiger partial charge on any atom is 0.314 e. The van der Waals surface area contributed by atoms with Gasteiger partial charge in [-0.2, -0.15) is 0 Å². The van der Waals surface area contributed by atoms with E-state index in [0.29, 0.717) is 11.5 Å². The van der Waals surface area contributed by atoms with Crippen LogP contribution in [0, 0.1) is 5.92 Å². The molecule has 0 amide bonds. The standard InChI is InChI=1S/C30H33NO4/c1-30(29(34)35,25-10-6-3-7-11-25)20-27(33)21-31-18-16-24(17-19-31)28(22-8-4-2-5-9-22)23-12-14-26(32)15-13-23/h2-15,24,28,32H,16-21H2,1H3,(H,34,35). The van der Waals surface area contributed by atoms with Crippen LogP contribution in [0.15, 0.2) is 84.9 Å². The van der Waals surface area contributed by atoms with Gasteiger partial charge in [0, 0.05) is 12.3 Å². The molecule has 0 aromatic heterocycles. The molecule has 0 aliphatic carbocycles. The monoisotopic (exact) mass is 471 g/mol. The van der Waals surface area contributed by atoms with E-state index >= 15 is 0 Å². The first-order valence-corrected chi connectivity index (χ1v) is 12.2. The molecule has 4 rings (SSSR count). The van der Waals surface area contributed by atoms with E-state index in [1.54, 1.807) is 31.2 Å². The number of phenols is 1. The summed E-state index contributed by atoms with van der Waals surface area (Å²) in [5.74, 6) is -0.117. The van der Waals surface area contributed by atoms with E-state index in [9.17, 15) is 19.8 Å². The fourth-order valence-corrected chi connectivity index (χ4v) is 5.33. The first kappa shape index (κ1) is 24.7. The number of hydrogen-bond acceptors (Lipinski definition) is 4. The van der Waals surface area contributed by atoms with Crippen LogP contribution in [-0.4, -0.2) is 46.5 Å². The number of phenolic OH excluding ortho intramolecular Hbond substituents is 1. The predicted molar refractivity (Wildman–Crippen MR) is 137 cm³/mol. The SMILES string of the molecule is CC(CC(=O)CN1CCC(C(c2ccccc2)c2ccc(O)cc2)CC1)(C(=O)O)c1ccccc1. The number of rotatable bonds is 9. The molecule has 3 aromatic rings. The number of carboxylic acid groups (broad SMARTS) is 1. The highest BCUT2D eigenvalue weighted by molar-refractivity contribution is 5.90. The Balaban J connectivity index is 1.41. The highest BCUT2D eigenvalue weighted by atomic mass is 16.4. The molecule has 5 heteroatoms. The van der Waals surface area contributed by atoms with Gasteiger partial charge < -0.3 is 10.2 Å². The lowest BCUT2D eigenvalue weighted by molar-refractivity contribution is -0.145. The molecule has 182 valence electrons. The summed E-state index contributed by atoms with van der Waals surface area (Å²) >= 11 is 0. The van der Waals surface area contributed by atoms with Gasteiger partial charge in [-0.15, -0.1) is 0 Å². The zero-order valence-electron chi connectivity index (χ0n) is 20.1. The number of hydrogen-bond donors (Lipinski definition) is 2. The first-order chi connectivity index (χ1) is 16.9. The molecule has 35 heavy (non-hydrogen) atoms. The van der Waals surface area contributed by atoms with Crippen LogP contribution in [0.25, 0.3) is 0 Å². The van der Waals surface area contributed by atoms with Crippen molar-refractivity contribution in [3.05, 3.63) is 102 Å². The maximum atomic E-state index is 13.0. The number of nitrogens with zero attached hydrogens (tertiary/aromatic N) is 1. The van der Waals surface area contributed by atoms with Crippen LogP contribution in [0.1, 0.15) is 48.8 Å². The third kappa shape index (κ3) is 5.80. The van der Waals surface area contributed by atoms with E-state index in [1.165, 1.54) is 11.1 Å². The second-order valence-corrected chi connectivity index (χ2v) is 9.81. The summed E-state index contributed by atoms with van der Waals surface area (Å²) in [6.07, 6.45) is 1.87. The molecule has 1 aliphatic rings. The van der Waals surface area contributed by atoms with Gasteiger partial charge in [0.1, 0.15) is 11.5 Å². The van der Waals surface area contributed by atoms with Crippen molar-refractivity contribution in [3.8, 4) is 5.75 Å². The molecule has 1 aliphatic heterocycles. The van der Waals surface area contributed by atoms with Crippen molar-refractivity contribution >= 4 is 11.8 Å². The third-order valence-electron chi connectivity index (χ3n) is 7.35. The second kappa shape index (κ2) is 10.9. The third-order valence-corrected chi connectivity index (χ3v) is 7.35. The molecule has 5 nitrogen and oxygen atoms in total. The van der Waals surface area contributed by atoms with E-state index in [4.69, 9.17) is 0 Å². The Morgan fingerprint density at radius 2 is 1.43 bits per heavy atom. The molecule has 3 aromatic carbocycles. The summed E-state index contributed by atoms with van der Waals surface area (Å²) in [7, 11) is 0. The van der Waals surface area contributed by atoms with Crippen molar-refractivity contribution in [1.82, 2.24) is 4.90 Å². The molecule has 0 radical (unpaired) electrons. The van der Waals surface area contributed by atoms with Gasteiger partial charge in [-0.25, -0.2) is 0 Å². The number of aromatic hydroxyl groups is 1. The fraction of sp³-hybridized carbons (Fsp3) is 0.333. The summed E-state index contributed by atoms with van der Waals surface area (Å²) < 4.78 is 0. The molecule has 1 heterocycles. The minimum Gasteiger partial charge on any atom is -0.508 e. The van der Waals surface area contributed by atoms with Crippen LogP contribution in [0.3, 0.4) is 0 Å². The van der Waals surface area contributed by atoms with Gasteiger partial charge in [0.25, 0.3) is 0 Å². The molecule has 0 spiro atoms. The average Bonchev–Trinajstić information content (AvgIpc) is 2.87. The molecule has 1 saturated heterocycles. The van der Waals surface area contributed by atoms with Crippen molar-refractivity contribution < 1.29 is 19.8 Å². The van der Waals surface area contributed by atoms with Crippen molar-refractivity contribution in [2.24, 2.45) is 5.92 Å². The van der Waals surface area contributed by atoms with Gasteiger partial charge in [0.15, 0.2) is 0 Å². The fourth-order valence-electron chi connectivity index (χ4n) is 5.33. The number of likely N-dealkylation sites (tertiary alicyclic amines) is 1. The summed E-state index contributed by atoms with van der Waals surface area (Å²) in [6, 6.07) is 26.9. The van der Waals surface area contributed by atoms with E-state index in [2.05, 4.69) is 29.2 Å². The number of ketones is 1. The maximum absolute atomic E-state index is 13.0. The second-order valence-electron chi connectivity index (χ2n) is 9.81. The number of Topliss-reactive ketones (excluding diaryl/α,β-unsaturated/α-hetero) is 1. The van der Waals surface area contributed by atoms with Gasteiger partial charge in [-0.1, -0.05) is 72.8 Å². The average molecular weight is 472 g/mol. The lowest BCUT2D eigenvalue weighted by Crippen LogP contribution is -2.42. The number of carbonyl (C=O) groups is 2. The highest BCUT2D eigenvalue weighted by Crippen LogP contribution is 2.38. The van der Waals surface area contributed by atoms with Gasteiger partial charge in [-0.3, -0.25) is 14.5 Å². The van der Waals surface area contributed by atoms with Crippen molar-refractivity contribution in [3.63, 3.8) is 0 Å². The predicted octanol–water partition coefficient (Wildman–Crippen LogP) is 5.24. The molecular weight excluding hydrogens is 438 g/mol. The smallest absolute Gasteiger partial charge is 0.314 e. The van der Waals surface area contributed by atoms with E-state index < -0.39 is 11.4 Å². The summed E-state index contributed by atoms with van der Waals surface area (Å²) in [6.45, 7) is 3.51. The molecule has 2 N–H and O–H groups in total. The minimum absolute atomic E-state index is 0.0214. The van der Waals surface area contributed by atoms with Gasteiger partial charge in [-0.05, 0) is 67.6 Å². The van der Waals surface area contributed by atoms with Crippen LogP contribution >= 0.6 is 0 Å². The zero-order chi connectivity index (χ0) is 24.8. The molecule has 2 atom stereocenters. The Hall–Kier alpha value is -3.44. The molecule has 1 fully saturated rings. The summed E-state index contributed by atoms with van der Waals surface area (Å²) in [4.78, 5) is 27.2. The van der Waals surface area contributed by atoms with Crippen LogP contribution in [0.4, 0.5) is 0 Å². The quantitative estimate of drug-likeness (QED) is 0.446. The van der Waals surface area contributed by atoms with Gasteiger partial charge in [0.2, 0.25) is 0 Å². The van der Waals surface area contributed by atoms with Crippen molar-refractivity contribution in [2.45, 2.75) is 37.5 Å². The van der Waals surface area contributed by atoms with Crippen molar-refractivity contribution in [2.75, 3.05) is 19.6 Å². The van der Waals surface area contributed by atoms with Crippen molar-refractivity contribution in [1.29, 1.82) is 0 Å². The molecule has 0 saturated carbocycles. The van der Waals surface area contributed by atoms with E-state index in [0.717, 1.165) is 25.9 Å². The first-order valence-electron chi connectivity index (χ1n) is 12.2. The van der Waals surface area contributed by atoms with E-state index in [1.807, 2.05) is 36.4 Å². The van der Waals surface area contributed by atoms with Crippen LogP contribution in [0.5, 0.6) is 5.75 Å². The van der Waals surface area contributed by atoms with Crippen LogP contribution < -0.4 is 0 Å². The lowest BCUT2D eigenvalue weighted by atomic mass is 9.76. The molecule has 2 unspecified atom stereocenters.